The third kappa shape index (κ3) is 3.06. The van der Waals surface area contributed by atoms with Crippen molar-refractivity contribution in [1.29, 1.82) is 0 Å². The lowest BCUT2D eigenvalue weighted by molar-refractivity contribution is 0.116. The Labute approximate surface area is 112 Å². The zero-order valence-corrected chi connectivity index (χ0v) is 12.3. The number of hydrogen-bond donors (Lipinski definition) is 2. The fraction of sp³-hybridized carbons (Fsp3) is 1.00. The Morgan fingerprint density at radius 2 is 1.89 bits per heavy atom. The SMILES string of the molecule is CCC(C)(CO)CNCC1CC2CCC(C1)N2C. The molecule has 2 aliphatic rings. The summed E-state index contributed by atoms with van der Waals surface area (Å²) in [5.74, 6) is 0.846. The molecule has 0 amide bonds. The standard InChI is InChI=1S/C15H30N2O/c1-4-15(2,11-18)10-16-9-12-7-13-5-6-14(8-12)17(13)3/h12-14,16,18H,4-11H2,1-3H3. The summed E-state index contributed by atoms with van der Waals surface area (Å²) in [6.45, 7) is 6.69. The van der Waals surface area contributed by atoms with Crippen LogP contribution in [0.2, 0.25) is 0 Å². The molecule has 2 heterocycles. The number of aliphatic hydroxyl groups excluding tert-OH is 1. The number of hydrogen-bond acceptors (Lipinski definition) is 3. The van der Waals surface area contributed by atoms with E-state index in [1.165, 1.54) is 25.7 Å². The molecule has 0 spiro atoms. The highest BCUT2D eigenvalue weighted by Gasteiger charge is 2.38. The van der Waals surface area contributed by atoms with Gasteiger partial charge >= 0.3 is 0 Å². The van der Waals surface area contributed by atoms with E-state index in [4.69, 9.17) is 0 Å². The molecular formula is C15H30N2O. The van der Waals surface area contributed by atoms with E-state index in [0.29, 0.717) is 0 Å². The summed E-state index contributed by atoms with van der Waals surface area (Å²) in [4.78, 5) is 2.60. The fourth-order valence-electron chi connectivity index (χ4n) is 3.56. The Hall–Kier alpha value is -0.120. The van der Waals surface area contributed by atoms with Crippen LogP contribution in [0.3, 0.4) is 0 Å². The maximum Gasteiger partial charge on any atom is 0.0496 e. The number of aliphatic hydroxyl groups is 1. The van der Waals surface area contributed by atoms with Crippen molar-refractivity contribution in [1.82, 2.24) is 10.2 Å². The second-order valence-electron chi connectivity index (χ2n) is 6.84. The van der Waals surface area contributed by atoms with Gasteiger partial charge in [-0.3, -0.25) is 0 Å². The van der Waals surface area contributed by atoms with Gasteiger partial charge in [-0.1, -0.05) is 13.8 Å². The smallest absolute Gasteiger partial charge is 0.0496 e. The van der Waals surface area contributed by atoms with E-state index in [-0.39, 0.29) is 12.0 Å². The Bertz CT molecular complexity index is 251. The highest BCUT2D eigenvalue weighted by Crippen LogP contribution is 2.37. The molecule has 2 saturated heterocycles. The number of fused-ring (bicyclic) bond motifs is 2. The van der Waals surface area contributed by atoms with Crippen molar-refractivity contribution >= 4 is 0 Å². The zero-order valence-electron chi connectivity index (χ0n) is 12.3. The van der Waals surface area contributed by atoms with Gasteiger partial charge in [-0.2, -0.15) is 0 Å². The largest absolute Gasteiger partial charge is 0.396 e. The van der Waals surface area contributed by atoms with E-state index < -0.39 is 0 Å². The molecule has 2 bridgehead atoms. The van der Waals surface area contributed by atoms with E-state index >= 15 is 0 Å². The van der Waals surface area contributed by atoms with Crippen LogP contribution in [0.4, 0.5) is 0 Å². The van der Waals surface area contributed by atoms with Gasteiger partial charge < -0.3 is 15.3 Å². The van der Waals surface area contributed by atoms with Gasteiger partial charge in [-0.05, 0) is 51.6 Å². The van der Waals surface area contributed by atoms with Crippen LogP contribution in [-0.2, 0) is 0 Å². The predicted molar refractivity (Wildman–Crippen MR) is 75.7 cm³/mol. The van der Waals surface area contributed by atoms with Crippen molar-refractivity contribution in [3.63, 3.8) is 0 Å². The van der Waals surface area contributed by atoms with Gasteiger partial charge in [0.2, 0.25) is 0 Å². The molecule has 106 valence electrons. The Kier molecular flexibility index (Phi) is 4.68. The van der Waals surface area contributed by atoms with Crippen LogP contribution >= 0.6 is 0 Å². The van der Waals surface area contributed by atoms with Gasteiger partial charge in [-0.15, -0.1) is 0 Å². The molecule has 3 unspecified atom stereocenters. The summed E-state index contributed by atoms with van der Waals surface area (Å²) in [6.07, 6.45) is 6.57. The first-order valence-electron chi connectivity index (χ1n) is 7.61. The maximum atomic E-state index is 9.40. The van der Waals surface area contributed by atoms with E-state index in [9.17, 15) is 5.11 Å². The Balaban J connectivity index is 1.72. The van der Waals surface area contributed by atoms with Gasteiger partial charge in [0.15, 0.2) is 0 Å². The molecule has 0 aromatic carbocycles. The summed E-state index contributed by atoms with van der Waals surface area (Å²) in [6, 6.07) is 1.68. The van der Waals surface area contributed by atoms with Gasteiger partial charge in [0.25, 0.3) is 0 Å². The minimum absolute atomic E-state index is 0.0600. The van der Waals surface area contributed by atoms with Crippen molar-refractivity contribution in [2.45, 2.75) is 58.0 Å². The summed E-state index contributed by atoms with van der Waals surface area (Å²) in [5, 5.41) is 13.0. The third-order valence-electron chi connectivity index (χ3n) is 5.42. The van der Waals surface area contributed by atoms with Crippen molar-refractivity contribution in [2.24, 2.45) is 11.3 Å². The number of rotatable bonds is 6. The van der Waals surface area contributed by atoms with Crippen molar-refractivity contribution in [3.8, 4) is 0 Å². The Morgan fingerprint density at radius 1 is 1.28 bits per heavy atom. The minimum atomic E-state index is 0.0600. The van der Waals surface area contributed by atoms with Crippen LogP contribution in [-0.4, -0.2) is 48.8 Å². The molecule has 2 aliphatic heterocycles. The molecular weight excluding hydrogens is 224 g/mol. The first-order valence-corrected chi connectivity index (χ1v) is 7.61. The lowest BCUT2D eigenvalue weighted by atomic mass is 9.87. The van der Waals surface area contributed by atoms with Gasteiger partial charge in [0.05, 0.1) is 0 Å². The van der Waals surface area contributed by atoms with Crippen molar-refractivity contribution < 1.29 is 5.11 Å². The van der Waals surface area contributed by atoms with E-state index in [0.717, 1.165) is 37.5 Å². The van der Waals surface area contributed by atoms with Crippen LogP contribution in [0.1, 0.15) is 46.0 Å². The van der Waals surface area contributed by atoms with Gasteiger partial charge in [0.1, 0.15) is 0 Å². The van der Waals surface area contributed by atoms with Crippen LogP contribution < -0.4 is 5.32 Å². The first kappa shape index (κ1) is 14.3. The summed E-state index contributed by atoms with van der Waals surface area (Å²) < 4.78 is 0. The maximum absolute atomic E-state index is 9.40. The minimum Gasteiger partial charge on any atom is -0.396 e. The topological polar surface area (TPSA) is 35.5 Å². The van der Waals surface area contributed by atoms with Crippen molar-refractivity contribution in [2.75, 3.05) is 26.7 Å². The molecule has 2 fully saturated rings. The van der Waals surface area contributed by atoms with Crippen LogP contribution in [0.25, 0.3) is 0 Å². The zero-order chi connectivity index (χ0) is 13.2. The quantitative estimate of drug-likeness (QED) is 0.759. The molecule has 0 aromatic heterocycles. The molecule has 2 rings (SSSR count). The number of piperidine rings is 1. The highest BCUT2D eigenvalue weighted by atomic mass is 16.3. The van der Waals surface area contributed by atoms with Crippen LogP contribution in [0.15, 0.2) is 0 Å². The summed E-state index contributed by atoms with van der Waals surface area (Å²) >= 11 is 0. The van der Waals surface area contributed by atoms with Gasteiger partial charge in [-0.25, -0.2) is 0 Å². The molecule has 0 aliphatic carbocycles. The van der Waals surface area contributed by atoms with Gasteiger partial charge in [0, 0.05) is 30.7 Å². The summed E-state index contributed by atoms with van der Waals surface area (Å²) in [7, 11) is 2.30. The predicted octanol–water partition coefficient (Wildman–Crippen LogP) is 1.86. The molecule has 0 radical (unpaired) electrons. The molecule has 3 atom stereocenters. The number of nitrogens with one attached hydrogen (secondary N) is 1. The van der Waals surface area contributed by atoms with E-state index in [2.05, 4.69) is 31.1 Å². The Morgan fingerprint density at radius 3 is 2.39 bits per heavy atom. The first-order chi connectivity index (χ1) is 8.58. The second kappa shape index (κ2) is 5.89. The van der Waals surface area contributed by atoms with Crippen LogP contribution in [0.5, 0.6) is 0 Å². The average Bonchev–Trinajstić information content (AvgIpc) is 2.61. The molecule has 3 nitrogen and oxygen atoms in total. The van der Waals surface area contributed by atoms with E-state index in [1.807, 2.05) is 0 Å². The van der Waals surface area contributed by atoms with Crippen molar-refractivity contribution in [3.05, 3.63) is 0 Å². The lowest BCUT2D eigenvalue weighted by Gasteiger charge is -2.37. The lowest BCUT2D eigenvalue weighted by Crippen LogP contribution is -2.44. The second-order valence-corrected chi connectivity index (χ2v) is 6.84. The molecule has 2 N–H and O–H groups in total. The highest BCUT2D eigenvalue weighted by molar-refractivity contribution is 4.94. The average molecular weight is 254 g/mol. The third-order valence-corrected chi connectivity index (χ3v) is 5.42. The molecule has 18 heavy (non-hydrogen) atoms. The van der Waals surface area contributed by atoms with Crippen LogP contribution in [0, 0.1) is 11.3 Å². The normalized spacial score (nSPS) is 35.7. The molecule has 3 heteroatoms. The number of nitrogens with zero attached hydrogens (tertiary/aromatic N) is 1. The fourth-order valence-corrected chi connectivity index (χ4v) is 3.56. The molecule has 0 saturated carbocycles. The molecule has 0 aromatic rings. The van der Waals surface area contributed by atoms with E-state index in [1.54, 1.807) is 0 Å². The monoisotopic (exact) mass is 254 g/mol. The summed E-state index contributed by atoms with van der Waals surface area (Å²) in [5.41, 5.74) is 0.0600.